The zero-order valence-corrected chi connectivity index (χ0v) is 38.1. The van der Waals surface area contributed by atoms with E-state index in [9.17, 15) is 19.4 Å². The van der Waals surface area contributed by atoms with Gasteiger partial charge in [0.2, 0.25) is 5.91 Å². The largest absolute Gasteiger partial charge is 0.472 e. The predicted molar refractivity (Wildman–Crippen MR) is 235 cm³/mol. The summed E-state index contributed by atoms with van der Waals surface area (Å²) in [4.78, 5) is 22.9. The number of carbonyl (C=O) groups is 1. The average Bonchev–Trinajstić information content (AvgIpc) is 3.13. The summed E-state index contributed by atoms with van der Waals surface area (Å²) < 4.78 is 23.4. The van der Waals surface area contributed by atoms with Crippen LogP contribution < -0.4 is 5.32 Å². The van der Waals surface area contributed by atoms with Crippen LogP contribution in [0.4, 0.5) is 0 Å². The van der Waals surface area contributed by atoms with E-state index in [0.29, 0.717) is 17.4 Å². The topological polar surface area (TPSA) is 105 Å². The number of aliphatic hydroxyl groups is 1. The highest BCUT2D eigenvalue weighted by atomic mass is 31.2. The van der Waals surface area contributed by atoms with Gasteiger partial charge >= 0.3 is 7.82 Å². The molecule has 0 aliphatic carbocycles. The Morgan fingerprint density at radius 3 is 1.35 bits per heavy atom. The van der Waals surface area contributed by atoms with Crippen molar-refractivity contribution in [1.29, 1.82) is 0 Å². The smallest absolute Gasteiger partial charge is 0.387 e. The molecule has 0 fully saturated rings. The van der Waals surface area contributed by atoms with Crippen molar-refractivity contribution in [3.05, 3.63) is 12.2 Å². The monoisotopic (exact) mass is 802 g/mol. The van der Waals surface area contributed by atoms with E-state index in [1.54, 1.807) is 6.08 Å². The van der Waals surface area contributed by atoms with Crippen molar-refractivity contribution in [2.45, 2.75) is 238 Å². The molecule has 3 atom stereocenters. The van der Waals surface area contributed by atoms with Crippen molar-refractivity contribution in [2.24, 2.45) is 0 Å². The molecule has 0 aromatic carbocycles. The molecule has 8 nitrogen and oxygen atoms in total. The maximum absolute atomic E-state index is 12.8. The minimum atomic E-state index is -4.32. The Labute approximate surface area is 342 Å². The quantitative estimate of drug-likeness (QED) is 0.0245. The molecule has 0 radical (unpaired) electrons. The summed E-state index contributed by atoms with van der Waals surface area (Å²) in [5.74, 6) is -0.180. The number of phosphoric ester groups is 1. The normalized spacial score (nSPS) is 14.4. The number of likely N-dealkylation sites (N-methyl/N-ethyl adjacent to an activating group) is 1. The number of phosphoric acid groups is 1. The Morgan fingerprint density at radius 2 is 0.964 bits per heavy atom. The second-order valence-electron chi connectivity index (χ2n) is 17.5. The highest BCUT2D eigenvalue weighted by Crippen LogP contribution is 2.43. The van der Waals surface area contributed by atoms with E-state index in [-0.39, 0.29) is 19.1 Å². The summed E-state index contributed by atoms with van der Waals surface area (Å²) >= 11 is 0. The molecular weight excluding hydrogens is 707 g/mol. The minimum Gasteiger partial charge on any atom is -0.387 e. The zero-order valence-electron chi connectivity index (χ0n) is 37.2. The molecule has 0 saturated heterocycles. The Balaban J connectivity index is 3.85. The van der Waals surface area contributed by atoms with E-state index in [2.05, 4.69) is 19.2 Å². The second kappa shape index (κ2) is 38.7. The van der Waals surface area contributed by atoms with E-state index in [0.717, 1.165) is 44.9 Å². The summed E-state index contributed by atoms with van der Waals surface area (Å²) in [7, 11) is 1.58. The number of aliphatic hydroxyl groups excluding tert-OH is 1. The Kier molecular flexibility index (Phi) is 38.2. The van der Waals surface area contributed by atoms with Crippen LogP contribution in [0, 0.1) is 0 Å². The fourth-order valence-corrected chi connectivity index (χ4v) is 7.72. The molecule has 328 valence electrons. The standard InChI is InChI=1S/C46H93N2O6P/c1-6-8-10-12-13-14-15-16-17-18-19-20-21-22-23-24-25-26-27-28-29-30-31-32-33-34-36-38-40-46(50)47-44(45(49)39-37-35-11-9-7-2)43-54-55(51,52)53-42-41-48(3,4)5/h37,39,44-45,49H,6-36,38,40-43H2,1-5H3,(H-,47,50,51,52)/p+1/b39-37+. The first-order chi connectivity index (χ1) is 26.5. The molecule has 0 spiro atoms. The third-order valence-corrected chi connectivity index (χ3v) is 11.7. The number of unbranched alkanes of at least 4 members (excludes halogenated alkanes) is 30. The number of amides is 1. The van der Waals surface area contributed by atoms with Gasteiger partial charge in [-0.25, -0.2) is 4.57 Å². The Hall–Kier alpha value is -0.760. The lowest BCUT2D eigenvalue weighted by atomic mass is 10.0. The summed E-state index contributed by atoms with van der Waals surface area (Å²) in [6.07, 6.45) is 45.0. The van der Waals surface area contributed by atoms with Crippen molar-refractivity contribution in [3.8, 4) is 0 Å². The van der Waals surface area contributed by atoms with Crippen LogP contribution >= 0.6 is 7.82 Å². The zero-order chi connectivity index (χ0) is 40.7. The molecule has 0 saturated carbocycles. The number of nitrogens with one attached hydrogen (secondary N) is 1. The molecule has 3 unspecified atom stereocenters. The second-order valence-corrected chi connectivity index (χ2v) is 18.9. The van der Waals surface area contributed by atoms with Gasteiger partial charge in [-0.2, -0.15) is 0 Å². The third-order valence-electron chi connectivity index (χ3n) is 10.8. The number of carbonyl (C=O) groups excluding carboxylic acids is 1. The molecule has 0 rings (SSSR count). The summed E-state index contributed by atoms with van der Waals surface area (Å²) in [5.41, 5.74) is 0. The van der Waals surface area contributed by atoms with Crippen molar-refractivity contribution in [3.63, 3.8) is 0 Å². The maximum Gasteiger partial charge on any atom is 0.472 e. The number of rotatable bonds is 43. The molecule has 0 heterocycles. The Bertz CT molecular complexity index is 911. The molecular formula is C46H94N2O6P+. The predicted octanol–water partition coefficient (Wildman–Crippen LogP) is 13.1. The number of quaternary nitrogens is 1. The minimum absolute atomic E-state index is 0.0633. The molecule has 55 heavy (non-hydrogen) atoms. The van der Waals surface area contributed by atoms with Gasteiger partial charge in [-0.3, -0.25) is 13.8 Å². The molecule has 0 aromatic rings. The van der Waals surface area contributed by atoms with Gasteiger partial charge in [0.05, 0.1) is 39.9 Å². The number of nitrogens with zero attached hydrogens (tertiary/aromatic N) is 1. The average molecular weight is 802 g/mol. The van der Waals surface area contributed by atoms with Crippen LogP contribution in [0.5, 0.6) is 0 Å². The summed E-state index contributed by atoms with van der Waals surface area (Å²) in [6, 6.07) is -0.837. The van der Waals surface area contributed by atoms with Gasteiger partial charge in [0.1, 0.15) is 13.2 Å². The first-order valence-electron chi connectivity index (χ1n) is 23.6. The van der Waals surface area contributed by atoms with Crippen LogP contribution in [0.1, 0.15) is 226 Å². The van der Waals surface area contributed by atoms with Gasteiger partial charge in [0.15, 0.2) is 0 Å². The van der Waals surface area contributed by atoms with Gasteiger partial charge in [0, 0.05) is 6.42 Å². The van der Waals surface area contributed by atoms with Gasteiger partial charge in [-0.1, -0.05) is 212 Å². The van der Waals surface area contributed by atoms with Crippen LogP contribution in [0.15, 0.2) is 12.2 Å². The molecule has 0 aliphatic rings. The molecule has 0 aromatic heterocycles. The number of hydrogen-bond donors (Lipinski definition) is 3. The Morgan fingerprint density at radius 1 is 0.600 bits per heavy atom. The van der Waals surface area contributed by atoms with Crippen LogP contribution in [-0.2, 0) is 18.4 Å². The van der Waals surface area contributed by atoms with E-state index in [1.165, 1.54) is 161 Å². The molecule has 3 N–H and O–H groups in total. The van der Waals surface area contributed by atoms with Crippen molar-refractivity contribution >= 4 is 13.7 Å². The number of hydrogen-bond acceptors (Lipinski definition) is 5. The van der Waals surface area contributed by atoms with Crippen LogP contribution in [0.3, 0.4) is 0 Å². The van der Waals surface area contributed by atoms with Gasteiger partial charge in [-0.15, -0.1) is 0 Å². The van der Waals surface area contributed by atoms with E-state index < -0.39 is 20.0 Å². The SMILES string of the molecule is CCCCC/C=C/C(O)C(COP(=O)(O)OCC[N+](C)(C)C)NC(=O)CCCCCCCCCCCCCCCCCCCCCCCCCCCCCC. The lowest BCUT2D eigenvalue weighted by Crippen LogP contribution is -2.45. The summed E-state index contributed by atoms with van der Waals surface area (Å²) in [5, 5.41) is 13.6. The lowest BCUT2D eigenvalue weighted by molar-refractivity contribution is -0.870. The van der Waals surface area contributed by atoms with Crippen LogP contribution in [-0.4, -0.2) is 73.4 Å². The highest BCUT2D eigenvalue weighted by Gasteiger charge is 2.27. The fourth-order valence-electron chi connectivity index (χ4n) is 6.98. The summed E-state index contributed by atoms with van der Waals surface area (Å²) in [6.45, 7) is 4.72. The van der Waals surface area contributed by atoms with Gasteiger partial charge in [0.25, 0.3) is 0 Å². The van der Waals surface area contributed by atoms with Crippen LogP contribution in [0.2, 0.25) is 0 Å². The van der Waals surface area contributed by atoms with Gasteiger partial charge < -0.3 is 19.8 Å². The molecule has 0 aliphatic heterocycles. The number of allylic oxidation sites excluding steroid dienone is 1. The van der Waals surface area contributed by atoms with Crippen molar-refractivity contribution in [1.82, 2.24) is 5.32 Å². The lowest BCUT2D eigenvalue weighted by Gasteiger charge is -2.25. The van der Waals surface area contributed by atoms with Crippen molar-refractivity contribution < 1.29 is 32.9 Å². The molecule has 0 bridgehead atoms. The van der Waals surface area contributed by atoms with E-state index in [4.69, 9.17) is 9.05 Å². The highest BCUT2D eigenvalue weighted by molar-refractivity contribution is 7.47. The molecule has 9 heteroatoms. The maximum atomic E-state index is 12.8. The fraction of sp³-hybridized carbons (Fsp3) is 0.935. The van der Waals surface area contributed by atoms with Crippen LogP contribution in [0.25, 0.3) is 0 Å². The van der Waals surface area contributed by atoms with E-state index in [1.807, 2.05) is 27.2 Å². The molecule has 1 amide bonds. The first kappa shape index (κ1) is 54.2. The van der Waals surface area contributed by atoms with Crippen molar-refractivity contribution in [2.75, 3.05) is 40.9 Å². The van der Waals surface area contributed by atoms with Gasteiger partial charge in [-0.05, 0) is 19.3 Å². The van der Waals surface area contributed by atoms with E-state index >= 15 is 0 Å². The third kappa shape index (κ3) is 41.2. The first-order valence-corrected chi connectivity index (χ1v) is 25.1.